The maximum atomic E-state index is 11.1. The quantitative estimate of drug-likeness (QED) is 0.675. The summed E-state index contributed by atoms with van der Waals surface area (Å²) in [4.78, 5) is 25.0. The zero-order chi connectivity index (χ0) is 10.7. The molecule has 5 nitrogen and oxygen atoms in total. The van der Waals surface area contributed by atoms with Gasteiger partial charge in [0.25, 0.3) is 0 Å². The summed E-state index contributed by atoms with van der Waals surface area (Å²) in [5.74, 6) is -0.775. The largest absolute Gasteiger partial charge is 0.480 e. The summed E-state index contributed by atoms with van der Waals surface area (Å²) in [5, 5.41) is 8.59. The van der Waals surface area contributed by atoms with Crippen molar-refractivity contribution >= 4 is 11.9 Å². The van der Waals surface area contributed by atoms with Crippen LogP contribution in [0.15, 0.2) is 0 Å². The second-order valence-corrected chi connectivity index (χ2v) is 3.70. The van der Waals surface area contributed by atoms with Crippen LogP contribution in [0.25, 0.3) is 0 Å². The number of nitrogens with zero attached hydrogens (tertiary/aromatic N) is 2. The fourth-order valence-corrected chi connectivity index (χ4v) is 1.72. The summed E-state index contributed by atoms with van der Waals surface area (Å²) in [6.45, 7) is 3.03. The number of carbonyl (C=O) groups is 2. The first-order valence-corrected chi connectivity index (χ1v) is 4.68. The van der Waals surface area contributed by atoms with Crippen LogP contribution in [0.1, 0.15) is 13.3 Å². The van der Waals surface area contributed by atoms with Gasteiger partial charge in [-0.25, -0.2) is 0 Å². The number of hydrogen-bond acceptors (Lipinski definition) is 3. The molecule has 1 rings (SSSR count). The molecule has 1 N–H and O–H groups in total. The van der Waals surface area contributed by atoms with Gasteiger partial charge in [0.2, 0.25) is 5.91 Å². The van der Waals surface area contributed by atoms with E-state index in [4.69, 9.17) is 5.11 Å². The molecule has 1 atom stereocenters. The van der Waals surface area contributed by atoms with E-state index in [0.29, 0.717) is 6.54 Å². The molecular weight excluding hydrogens is 184 g/mol. The van der Waals surface area contributed by atoms with Crippen LogP contribution in [-0.4, -0.2) is 59.5 Å². The Hall–Kier alpha value is -1.10. The molecule has 1 saturated heterocycles. The van der Waals surface area contributed by atoms with Crippen LogP contribution in [0.5, 0.6) is 0 Å². The van der Waals surface area contributed by atoms with Crippen molar-refractivity contribution in [1.29, 1.82) is 0 Å². The smallest absolute Gasteiger partial charge is 0.317 e. The summed E-state index contributed by atoms with van der Waals surface area (Å²) >= 11 is 0. The molecule has 1 heterocycles. The summed E-state index contributed by atoms with van der Waals surface area (Å²) in [5.41, 5.74) is 0. The first kappa shape index (κ1) is 11.0. The first-order chi connectivity index (χ1) is 6.50. The van der Waals surface area contributed by atoms with Gasteiger partial charge in [0.1, 0.15) is 0 Å². The van der Waals surface area contributed by atoms with E-state index in [-0.39, 0.29) is 18.5 Å². The van der Waals surface area contributed by atoms with E-state index in [1.54, 1.807) is 11.9 Å². The Bertz CT molecular complexity index is 242. The molecule has 5 heteroatoms. The number of likely N-dealkylation sites (N-methyl/N-ethyl adjacent to an activating group) is 1. The van der Waals surface area contributed by atoms with Gasteiger partial charge in [0, 0.05) is 33.1 Å². The molecule has 0 radical (unpaired) electrons. The summed E-state index contributed by atoms with van der Waals surface area (Å²) in [6, 6.07) is 0.173. The lowest BCUT2D eigenvalue weighted by molar-refractivity contribution is -0.138. The Morgan fingerprint density at radius 3 is 2.71 bits per heavy atom. The predicted molar refractivity (Wildman–Crippen MR) is 50.9 cm³/mol. The van der Waals surface area contributed by atoms with Crippen molar-refractivity contribution in [3.63, 3.8) is 0 Å². The fraction of sp³-hybridized carbons (Fsp3) is 0.778. The minimum atomic E-state index is -0.809. The Labute approximate surface area is 83.3 Å². The van der Waals surface area contributed by atoms with Crippen molar-refractivity contribution in [3.8, 4) is 0 Å². The molecule has 1 aliphatic heterocycles. The molecule has 0 bridgehead atoms. The molecular formula is C9H16N2O3. The number of carbonyl (C=O) groups excluding carboxylic acids is 1. The lowest BCUT2D eigenvalue weighted by Crippen LogP contribution is -2.38. The molecule has 0 spiro atoms. The van der Waals surface area contributed by atoms with Crippen molar-refractivity contribution < 1.29 is 14.7 Å². The molecule has 0 aromatic carbocycles. The highest BCUT2D eigenvalue weighted by atomic mass is 16.4. The molecule has 1 aliphatic rings. The van der Waals surface area contributed by atoms with Gasteiger partial charge in [0.15, 0.2) is 0 Å². The Morgan fingerprint density at radius 1 is 1.57 bits per heavy atom. The van der Waals surface area contributed by atoms with Gasteiger partial charge in [-0.3, -0.25) is 14.5 Å². The third kappa shape index (κ3) is 2.70. The van der Waals surface area contributed by atoms with E-state index in [1.807, 2.05) is 4.90 Å². The number of hydrogen-bond donors (Lipinski definition) is 1. The van der Waals surface area contributed by atoms with Crippen LogP contribution in [0, 0.1) is 0 Å². The highest BCUT2D eigenvalue weighted by Gasteiger charge is 2.27. The van der Waals surface area contributed by atoms with E-state index in [0.717, 1.165) is 13.0 Å². The number of likely N-dealkylation sites (tertiary alicyclic amines) is 1. The standard InChI is InChI=1S/C9H16N2O3/c1-7(12)10(2)8-3-4-11(5-8)6-9(13)14/h8H,3-6H2,1-2H3,(H,13,14). The maximum absolute atomic E-state index is 11.1. The fourth-order valence-electron chi connectivity index (χ4n) is 1.72. The van der Waals surface area contributed by atoms with Crippen molar-refractivity contribution in [2.75, 3.05) is 26.7 Å². The number of aliphatic carboxylic acids is 1. The van der Waals surface area contributed by atoms with Gasteiger partial charge >= 0.3 is 5.97 Å². The van der Waals surface area contributed by atoms with Crippen LogP contribution in [0.4, 0.5) is 0 Å². The van der Waals surface area contributed by atoms with E-state index in [1.165, 1.54) is 6.92 Å². The topological polar surface area (TPSA) is 60.9 Å². The van der Waals surface area contributed by atoms with Crippen LogP contribution in [0.3, 0.4) is 0 Å². The third-order valence-corrected chi connectivity index (χ3v) is 2.65. The SMILES string of the molecule is CC(=O)N(C)C1CCN(CC(=O)O)C1. The van der Waals surface area contributed by atoms with E-state index < -0.39 is 5.97 Å². The highest BCUT2D eigenvalue weighted by molar-refractivity contribution is 5.73. The van der Waals surface area contributed by atoms with E-state index >= 15 is 0 Å². The van der Waals surface area contributed by atoms with E-state index in [2.05, 4.69) is 0 Å². The second-order valence-electron chi connectivity index (χ2n) is 3.70. The Balaban J connectivity index is 2.41. The lowest BCUT2D eigenvalue weighted by atomic mass is 10.2. The minimum absolute atomic E-state index is 0.0344. The molecule has 80 valence electrons. The van der Waals surface area contributed by atoms with Gasteiger partial charge in [-0.15, -0.1) is 0 Å². The number of amides is 1. The maximum Gasteiger partial charge on any atom is 0.317 e. The van der Waals surface area contributed by atoms with Gasteiger partial charge in [-0.05, 0) is 6.42 Å². The van der Waals surface area contributed by atoms with Gasteiger partial charge < -0.3 is 10.0 Å². The van der Waals surface area contributed by atoms with Gasteiger partial charge in [-0.1, -0.05) is 0 Å². The average Bonchev–Trinajstić information content (AvgIpc) is 2.50. The highest BCUT2D eigenvalue weighted by Crippen LogP contribution is 2.13. The molecule has 1 amide bonds. The van der Waals surface area contributed by atoms with Gasteiger partial charge in [-0.2, -0.15) is 0 Å². The monoisotopic (exact) mass is 200 g/mol. The second kappa shape index (κ2) is 4.41. The molecule has 0 aromatic heterocycles. The molecule has 1 unspecified atom stereocenters. The molecule has 0 aromatic rings. The van der Waals surface area contributed by atoms with Crippen LogP contribution in [-0.2, 0) is 9.59 Å². The van der Waals surface area contributed by atoms with Crippen molar-refractivity contribution in [2.45, 2.75) is 19.4 Å². The predicted octanol–water partition coefficient (Wildman–Crippen LogP) is -0.376. The number of carboxylic acid groups (broad SMARTS) is 1. The average molecular weight is 200 g/mol. The first-order valence-electron chi connectivity index (χ1n) is 4.68. The molecule has 0 aliphatic carbocycles. The number of carboxylic acids is 1. The molecule has 0 saturated carbocycles. The third-order valence-electron chi connectivity index (χ3n) is 2.65. The Kier molecular flexibility index (Phi) is 3.46. The van der Waals surface area contributed by atoms with Crippen LogP contribution < -0.4 is 0 Å². The van der Waals surface area contributed by atoms with Gasteiger partial charge in [0.05, 0.1) is 6.54 Å². The summed E-state index contributed by atoms with van der Waals surface area (Å²) in [6.07, 6.45) is 0.864. The van der Waals surface area contributed by atoms with Crippen molar-refractivity contribution in [2.24, 2.45) is 0 Å². The zero-order valence-corrected chi connectivity index (χ0v) is 8.56. The number of rotatable bonds is 3. The van der Waals surface area contributed by atoms with Crippen LogP contribution >= 0.6 is 0 Å². The molecule has 14 heavy (non-hydrogen) atoms. The molecule has 1 fully saturated rings. The Morgan fingerprint density at radius 2 is 2.21 bits per heavy atom. The normalized spacial score (nSPS) is 22.3. The summed E-state index contributed by atoms with van der Waals surface area (Å²) in [7, 11) is 1.76. The lowest BCUT2D eigenvalue weighted by Gasteiger charge is -2.23. The van der Waals surface area contributed by atoms with Crippen LogP contribution in [0.2, 0.25) is 0 Å². The zero-order valence-electron chi connectivity index (χ0n) is 8.56. The minimum Gasteiger partial charge on any atom is -0.480 e. The summed E-state index contributed by atoms with van der Waals surface area (Å²) < 4.78 is 0. The van der Waals surface area contributed by atoms with Crippen molar-refractivity contribution in [1.82, 2.24) is 9.80 Å². The van der Waals surface area contributed by atoms with E-state index in [9.17, 15) is 9.59 Å². The van der Waals surface area contributed by atoms with Crippen molar-refractivity contribution in [3.05, 3.63) is 0 Å².